The Morgan fingerprint density at radius 1 is 1.21 bits per heavy atom. The Bertz CT molecular complexity index is 806. The molecule has 0 aliphatic carbocycles. The normalized spacial score (nSPS) is 15.8. The fraction of sp³-hybridized carbons (Fsp3) is 0.429. The van der Waals surface area contributed by atoms with Crippen molar-refractivity contribution in [2.24, 2.45) is 5.41 Å². The molecule has 0 radical (unpaired) electrons. The van der Waals surface area contributed by atoms with E-state index in [0.29, 0.717) is 24.4 Å². The first-order chi connectivity index (χ1) is 13.5. The summed E-state index contributed by atoms with van der Waals surface area (Å²) in [6.07, 6.45) is 3.36. The Kier molecular flexibility index (Phi) is 6.49. The van der Waals surface area contributed by atoms with Gasteiger partial charge in [-0.25, -0.2) is 0 Å². The molecule has 1 aliphatic heterocycles. The van der Waals surface area contributed by atoms with Crippen LogP contribution in [0.2, 0.25) is 0 Å². The highest BCUT2D eigenvalue weighted by Gasteiger charge is 2.32. The standard InChI is InChI=1S/C21H27N3O4/c1-15-5-6-16(12-17(15)24-20(26)18-4-3-11-28-18)19(25)23-13-21(14-27-2)7-9-22-10-8-21/h3-6,11-12,22H,7-10,13-14H2,1-2H3,(H,23,25)(H,24,26). The second-order valence-electron chi connectivity index (χ2n) is 7.33. The summed E-state index contributed by atoms with van der Waals surface area (Å²) in [4.78, 5) is 24.9. The van der Waals surface area contributed by atoms with Crippen molar-refractivity contribution in [2.45, 2.75) is 19.8 Å². The second-order valence-corrected chi connectivity index (χ2v) is 7.33. The summed E-state index contributed by atoms with van der Waals surface area (Å²) in [6.45, 7) is 4.90. The molecule has 7 heteroatoms. The lowest BCUT2D eigenvalue weighted by Gasteiger charge is -2.37. The van der Waals surface area contributed by atoms with Crippen LogP contribution in [0.3, 0.4) is 0 Å². The summed E-state index contributed by atoms with van der Waals surface area (Å²) in [5.74, 6) is -0.288. The predicted molar refractivity (Wildman–Crippen MR) is 107 cm³/mol. The fourth-order valence-corrected chi connectivity index (χ4v) is 3.49. The first-order valence-electron chi connectivity index (χ1n) is 9.46. The molecule has 7 nitrogen and oxygen atoms in total. The van der Waals surface area contributed by atoms with Crippen LogP contribution in [0.5, 0.6) is 0 Å². The minimum absolute atomic E-state index is 0.0450. The van der Waals surface area contributed by atoms with Crippen molar-refractivity contribution >= 4 is 17.5 Å². The maximum absolute atomic E-state index is 12.7. The van der Waals surface area contributed by atoms with Gasteiger partial charge in [-0.15, -0.1) is 0 Å². The monoisotopic (exact) mass is 385 g/mol. The minimum Gasteiger partial charge on any atom is -0.459 e. The molecule has 2 aromatic rings. The molecule has 0 atom stereocenters. The third kappa shape index (κ3) is 4.79. The van der Waals surface area contributed by atoms with Crippen molar-refractivity contribution in [1.29, 1.82) is 0 Å². The van der Waals surface area contributed by atoms with E-state index < -0.39 is 0 Å². The molecule has 3 N–H and O–H groups in total. The molecule has 2 heterocycles. The number of anilines is 1. The highest BCUT2D eigenvalue weighted by atomic mass is 16.5. The molecule has 0 bridgehead atoms. The van der Waals surface area contributed by atoms with Crippen molar-refractivity contribution < 1.29 is 18.7 Å². The number of hydrogen-bond donors (Lipinski definition) is 3. The molecule has 150 valence electrons. The third-order valence-electron chi connectivity index (χ3n) is 5.23. The first-order valence-corrected chi connectivity index (χ1v) is 9.46. The van der Waals surface area contributed by atoms with Crippen LogP contribution in [0.15, 0.2) is 41.0 Å². The van der Waals surface area contributed by atoms with E-state index in [1.165, 1.54) is 6.26 Å². The van der Waals surface area contributed by atoms with Crippen LogP contribution in [0.4, 0.5) is 5.69 Å². The van der Waals surface area contributed by atoms with Gasteiger partial charge in [0.1, 0.15) is 0 Å². The second kappa shape index (κ2) is 9.03. The number of benzene rings is 1. The van der Waals surface area contributed by atoms with Gasteiger partial charge in [0.2, 0.25) is 0 Å². The lowest BCUT2D eigenvalue weighted by molar-refractivity contribution is 0.0511. The Morgan fingerprint density at radius 2 is 2.00 bits per heavy atom. The zero-order valence-corrected chi connectivity index (χ0v) is 16.3. The average Bonchev–Trinajstić information content (AvgIpc) is 3.24. The Hall–Kier alpha value is -2.64. The van der Waals surface area contributed by atoms with Gasteiger partial charge in [-0.1, -0.05) is 6.07 Å². The molecular formula is C21H27N3O4. The van der Waals surface area contributed by atoms with Gasteiger partial charge in [-0.2, -0.15) is 0 Å². The summed E-state index contributed by atoms with van der Waals surface area (Å²) < 4.78 is 10.5. The van der Waals surface area contributed by atoms with E-state index in [9.17, 15) is 9.59 Å². The van der Waals surface area contributed by atoms with Gasteiger partial charge in [0.25, 0.3) is 11.8 Å². The maximum atomic E-state index is 12.7. The van der Waals surface area contributed by atoms with Crippen molar-refractivity contribution in [3.8, 4) is 0 Å². The van der Waals surface area contributed by atoms with Gasteiger partial charge in [0.15, 0.2) is 5.76 Å². The summed E-state index contributed by atoms with van der Waals surface area (Å²) >= 11 is 0. The number of carbonyl (C=O) groups excluding carboxylic acids is 2. The van der Waals surface area contributed by atoms with Gasteiger partial charge in [0.05, 0.1) is 12.9 Å². The molecule has 1 fully saturated rings. The number of amides is 2. The SMILES string of the molecule is COCC1(CNC(=O)c2ccc(C)c(NC(=O)c3ccco3)c2)CCNCC1. The first kappa shape index (κ1) is 20.1. The number of carbonyl (C=O) groups is 2. The molecule has 1 aliphatic rings. The smallest absolute Gasteiger partial charge is 0.291 e. The lowest BCUT2D eigenvalue weighted by atomic mass is 9.79. The highest BCUT2D eigenvalue weighted by molar-refractivity contribution is 6.03. The van der Waals surface area contributed by atoms with E-state index in [1.807, 2.05) is 13.0 Å². The average molecular weight is 385 g/mol. The van der Waals surface area contributed by atoms with E-state index in [1.54, 1.807) is 31.4 Å². The van der Waals surface area contributed by atoms with Crippen molar-refractivity contribution in [3.63, 3.8) is 0 Å². The molecule has 0 unspecified atom stereocenters. The zero-order valence-electron chi connectivity index (χ0n) is 16.3. The number of piperidine rings is 1. The molecule has 0 spiro atoms. The van der Waals surface area contributed by atoms with E-state index in [4.69, 9.17) is 9.15 Å². The molecule has 1 aromatic carbocycles. The van der Waals surface area contributed by atoms with Gasteiger partial charge in [-0.3, -0.25) is 9.59 Å². The number of methoxy groups -OCH3 is 1. The van der Waals surface area contributed by atoms with Crippen molar-refractivity contribution in [3.05, 3.63) is 53.5 Å². The summed E-state index contributed by atoms with van der Waals surface area (Å²) in [6, 6.07) is 8.52. The topological polar surface area (TPSA) is 92.6 Å². The minimum atomic E-state index is -0.348. The van der Waals surface area contributed by atoms with Crippen LogP contribution in [0, 0.1) is 12.3 Å². The van der Waals surface area contributed by atoms with Crippen LogP contribution in [-0.2, 0) is 4.74 Å². The Balaban J connectivity index is 1.67. The van der Waals surface area contributed by atoms with E-state index in [0.717, 1.165) is 31.5 Å². The molecule has 3 rings (SSSR count). The number of ether oxygens (including phenoxy) is 1. The summed E-state index contributed by atoms with van der Waals surface area (Å²) in [5.41, 5.74) is 1.91. The fourth-order valence-electron chi connectivity index (χ4n) is 3.49. The zero-order chi connectivity index (χ0) is 20.0. The Morgan fingerprint density at radius 3 is 2.68 bits per heavy atom. The summed E-state index contributed by atoms with van der Waals surface area (Å²) in [7, 11) is 1.69. The predicted octanol–water partition coefficient (Wildman–Crippen LogP) is 2.59. The van der Waals surface area contributed by atoms with E-state index in [-0.39, 0.29) is 23.0 Å². The van der Waals surface area contributed by atoms with Crippen LogP contribution < -0.4 is 16.0 Å². The van der Waals surface area contributed by atoms with Crippen LogP contribution in [-0.4, -0.2) is 45.2 Å². The molecular weight excluding hydrogens is 358 g/mol. The van der Waals surface area contributed by atoms with E-state index in [2.05, 4.69) is 16.0 Å². The number of rotatable bonds is 7. The maximum Gasteiger partial charge on any atom is 0.291 e. The third-order valence-corrected chi connectivity index (χ3v) is 5.23. The number of hydrogen-bond acceptors (Lipinski definition) is 5. The molecule has 0 saturated carbocycles. The Labute approximate surface area is 164 Å². The van der Waals surface area contributed by atoms with Gasteiger partial charge in [-0.05, 0) is 62.7 Å². The van der Waals surface area contributed by atoms with Gasteiger partial charge < -0.3 is 25.1 Å². The van der Waals surface area contributed by atoms with Gasteiger partial charge >= 0.3 is 0 Å². The highest BCUT2D eigenvalue weighted by Crippen LogP contribution is 2.28. The van der Waals surface area contributed by atoms with Gasteiger partial charge in [0, 0.05) is 30.3 Å². The van der Waals surface area contributed by atoms with Crippen LogP contribution >= 0.6 is 0 Å². The number of aryl methyl sites for hydroxylation is 1. The van der Waals surface area contributed by atoms with Crippen molar-refractivity contribution in [1.82, 2.24) is 10.6 Å². The molecule has 28 heavy (non-hydrogen) atoms. The van der Waals surface area contributed by atoms with Crippen LogP contribution in [0.25, 0.3) is 0 Å². The molecule has 2 amide bonds. The molecule has 1 saturated heterocycles. The van der Waals surface area contributed by atoms with Crippen molar-refractivity contribution in [2.75, 3.05) is 38.7 Å². The summed E-state index contributed by atoms with van der Waals surface area (Å²) in [5, 5.41) is 9.19. The number of furan rings is 1. The lowest BCUT2D eigenvalue weighted by Crippen LogP contribution is -2.47. The number of nitrogens with one attached hydrogen (secondary N) is 3. The van der Waals surface area contributed by atoms with E-state index >= 15 is 0 Å². The quantitative estimate of drug-likeness (QED) is 0.681. The molecule has 1 aromatic heterocycles. The van der Waals surface area contributed by atoms with Crippen LogP contribution in [0.1, 0.15) is 39.3 Å². The largest absolute Gasteiger partial charge is 0.459 e.